The number of fused-ring (bicyclic) bond motifs is 1. The van der Waals surface area contributed by atoms with Crippen LogP contribution in [0.1, 0.15) is 46.5 Å². The highest BCUT2D eigenvalue weighted by molar-refractivity contribution is 6.00. The van der Waals surface area contributed by atoms with E-state index in [4.69, 9.17) is 4.52 Å². The van der Waals surface area contributed by atoms with Crippen molar-refractivity contribution in [2.75, 3.05) is 13.1 Å². The van der Waals surface area contributed by atoms with E-state index in [1.54, 1.807) is 16.7 Å². The molecular formula is C17H18N4O3. The van der Waals surface area contributed by atoms with Gasteiger partial charge >= 0.3 is 0 Å². The average Bonchev–Trinajstić information content (AvgIpc) is 3.28. The molecule has 2 amide bonds. The lowest BCUT2D eigenvalue weighted by molar-refractivity contribution is -0.133. The summed E-state index contributed by atoms with van der Waals surface area (Å²) in [5.74, 6) is 0.898. The Balaban J connectivity index is 1.48. The largest absolute Gasteiger partial charge is 0.340 e. The van der Waals surface area contributed by atoms with Gasteiger partial charge in [0.2, 0.25) is 11.8 Å². The topological polar surface area (TPSA) is 79.5 Å². The zero-order chi connectivity index (χ0) is 16.7. The molecule has 3 heterocycles. The zero-order valence-electron chi connectivity index (χ0n) is 13.4. The van der Waals surface area contributed by atoms with Crippen LogP contribution in [-0.2, 0) is 11.3 Å². The second-order valence-electron chi connectivity index (χ2n) is 6.24. The number of carbonyl (C=O) groups excluding carboxylic acids is 2. The molecule has 7 nitrogen and oxygen atoms in total. The van der Waals surface area contributed by atoms with Crippen LogP contribution in [0.3, 0.4) is 0 Å². The number of likely N-dealkylation sites (tertiary alicyclic amines) is 1. The van der Waals surface area contributed by atoms with Crippen LogP contribution in [0.2, 0.25) is 0 Å². The van der Waals surface area contributed by atoms with E-state index in [2.05, 4.69) is 10.1 Å². The van der Waals surface area contributed by atoms with Gasteiger partial charge in [0.25, 0.3) is 5.91 Å². The van der Waals surface area contributed by atoms with Crippen molar-refractivity contribution in [2.45, 2.75) is 32.4 Å². The molecule has 0 bridgehead atoms. The monoisotopic (exact) mass is 326 g/mol. The molecule has 2 aromatic rings. The highest BCUT2D eigenvalue weighted by Gasteiger charge is 2.36. The Hall–Kier alpha value is -2.70. The van der Waals surface area contributed by atoms with Crippen LogP contribution in [0.25, 0.3) is 0 Å². The molecule has 0 radical (unpaired) electrons. The molecule has 24 heavy (non-hydrogen) atoms. The van der Waals surface area contributed by atoms with E-state index < -0.39 is 0 Å². The number of aromatic nitrogens is 2. The zero-order valence-corrected chi connectivity index (χ0v) is 13.4. The summed E-state index contributed by atoms with van der Waals surface area (Å²) in [6, 6.07) is 7.33. The second kappa shape index (κ2) is 5.74. The second-order valence-corrected chi connectivity index (χ2v) is 6.24. The first-order valence-electron chi connectivity index (χ1n) is 8.10. The molecule has 0 spiro atoms. The Bertz CT molecular complexity index is 801. The summed E-state index contributed by atoms with van der Waals surface area (Å²) in [6.07, 6.45) is 1.72. The predicted molar refractivity (Wildman–Crippen MR) is 83.9 cm³/mol. The SMILES string of the molecule is Cc1nc([C@H]2CCCN2C(=O)CN2Cc3ccccc3C2=O)no1. The van der Waals surface area contributed by atoms with E-state index in [-0.39, 0.29) is 24.4 Å². The number of hydrogen-bond donors (Lipinski definition) is 0. The third kappa shape index (κ3) is 2.46. The smallest absolute Gasteiger partial charge is 0.254 e. The summed E-state index contributed by atoms with van der Waals surface area (Å²) in [4.78, 5) is 32.8. The first-order chi connectivity index (χ1) is 11.6. The summed E-state index contributed by atoms with van der Waals surface area (Å²) in [5.41, 5.74) is 1.67. The van der Waals surface area contributed by atoms with E-state index in [0.717, 1.165) is 18.4 Å². The van der Waals surface area contributed by atoms with Gasteiger partial charge in [-0.3, -0.25) is 9.59 Å². The Labute approximate surface area is 139 Å². The Morgan fingerprint density at radius 2 is 2.21 bits per heavy atom. The van der Waals surface area contributed by atoms with E-state index in [9.17, 15) is 9.59 Å². The van der Waals surface area contributed by atoms with Crippen molar-refractivity contribution in [3.8, 4) is 0 Å². The molecule has 0 N–H and O–H groups in total. The van der Waals surface area contributed by atoms with Crippen molar-refractivity contribution in [2.24, 2.45) is 0 Å². The molecule has 1 aromatic heterocycles. The third-order valence-electron chi connectivity index (χ3n) is 4.64. The van der Waals surface area contributed by atoms with E-state index in [1.165, 1.54) is 0 Å². The number of benzene rings is 1. The number of carbonyl (C=O) groups is 2. The van der Waals surface area contributed by atoms with Crippen LogP contribution >= 0.6 is 0 Å². The summed E-state index contributed by atoms with van der Waals surface area (Å²) < 4.78 is 5.03. The fraction of sp³-hybridized carbons (Fsp3) is 0.412. The van der Waals surface area contributed by atoms with Gasteiger partial charge in [0.15, 0.2) is 5.82 Å². The third-order valence-corrected chi connectivity index (χ3v) is 4.64. The maximum atomic E-state index is 12.7. The first kappa shape index (κ1) is 14.9. The van der Waals surface area contributed by atoms with Crippen LogP contribution in [0.4, 0.5) is 0 Å². The van der Waals surface area contributed by atoms with E-state index in [0.29, 0.717) is 30.4 Å². The minimum absolute atomic E-state index is 0.0684. The maximum Gasteiger partial charge on any atom is 0.254 e. The van der Waals surface area contributed by atoms with Gasteiger partial charge in [-0.25, -0.2) is 0 Å². The molecule has 1 saturated heterocycles. The standard InChI is InChI=1S/C17H18N4O3/c1-11-18-16(19-24-11)14-7-4-8-21(14)15(22)10-20-9-12-5-2-3-6-13(12)17(20)23/h2-3,5-6,14H,4,7-10H2,1H3/t14-/m1/s1. The van der Waals surface area contributed by atoms with Gasteiger partial charge < -0.3 is 14.3 Å². The van der Waals surface area contributed by atoms with Crippen molar-refractivity contribution >= 4 is 11.8 Å². The average molecular weight is 326 g/mol. The molecule has 4 rings (SSSR count). The minimum atomic E-state index is -0.157. The van der Waals surface area contributed by atoms with Gasteiger partial charge in [0, 0.05) is 25.6 Å². The molecule has 0 aliphatic carbocycles. The van der Waals surface area contributed by atoms with Crippen molar-refractivity contribution in [3.05, 3.63) is 47.1 Å². The molecule has 124 valence electrons. The highest BCUT2D eigenvalue weighted by atomic mass is 16.5. The Morgan fingerprint density at radius 1 is 1.38 bits per heavy atom. The van der Waals surface area contributed by atoms with Gasteiger partial charge in [-0.2, -0.15) is 4.98 Å². The van der Waals surface area contributed by atoms with Crippen molar-refractivity contribution in [1.82, 2.24) is 19.9 Å². The molecule has 1 atom stereocenters. The van der Waals surface area contributed by atoms with Crippen molar-refractivity contribution in [1.29, 1.82) is 0 Å². The van der Waals surface area contributed by atoms with Crippen LogP contribution in [0, 0.1) is 6.92 Å². The van der Waals surface area contributed by atoms with Crippen LogP contribution in [0.5, 0.6) is 0 Å². The molecule has 2 aliphatic heterocycles. The number of nitrogens with zero attached hydrogens (tertiary/aromatic N) is 4. The normalized spacial score (nSPS) is 19.9. The molecule has 7 heteroatoms. The molecule has 1 aromatic carbocycles. The van der Waals surface area contributed by atoms with Crippen molar-refractivity contribution in [3.63, 3.8) is 0 Å². The maximum absolute atomic E-state index is 12.7. The van der Waals surface area contributed by atoms with Gasteiger partial charge in [-0.05, 0) is 24.5 Å². The van der Waals surface area contributed by atoms with Gasteiger partial charge in [0.05, 0.1) is 6.04 Å². The fourth-order valence-corrected chi connectivity index (χ4v) is 3.48. The number of amides is 2. The molecule has 1 fully saturated rings. The highest BCUT2D eigenvalue weighted by Crippen LogP contribution is 2.31. The first-order valence-corrected chi connectivity index (χ1v) is 8.10. The summed E-state index contributed by atoms with van der Waals surface area (Å²) in [5, 5.41) is 3.95. The summed E-state index contributed by atoms with van der Waals surface area (Å²) in [6.45, 7) is 2.96. The van der Waals surface area contributed by atoms with Crippen molar-refractivity contribution < 1.29 is 14.1 Å². The van der Waals surface area contributed by atoms with Crippen LogP contribution in [-0.4, -0.2) is 44.8 Å². The lowest BCUT2D eigenvalue weighted by Crippen LogP contribution is -2.40. The van der Waals surface area contributed by atoms with Gasteiger partial charge in [-0.15, -0.1) is 0 Å². The Kier molecular flexibility index (Phi) is 3.55. The predicted octanol–water partition coefficient (Wildman–Crippen LogP) is 1.70. The lowest BCUT2D eigenvalue weighted by Gasteiger charge is -2.25. The van der Waals surface area contributed by atoms with Crippen LogP contribution < -0.4 is 0 Å². The quantitative estimate of drug-likeness (QED) is 0.857. The van der Waals surface area contributed by atoms with E-state index in [1.807, 2.05) is 24.3 Å². The summed E-state index contributed by atoms with van der Waals surface area (Å²) in [7, 11) is 0. The van der Waals surface area contributed by atoms with E-state index >= 15 is 0 Å². The summed E-state index contributed by atoms with van der Waals surface area (Å²) >= 11 is 0. The fourth-order valence-electron chi connectivity index (χ4n) is 3.48. The minimum Gasteiger partial charge on any atom is -0.340 e. The van der Waals surface area contributed by atoms with Gasteiger partial charge in [0.1, 0.15) is 6.54 Å². The molecular weight excluding hydrogens is 308 g/mol. The lowest BCUT2D eigenvalue weighted by atomic mass is 10.1. The molecule has 2 aliphatic rings. The number of rotatable bonds is 3. The number of aryl methyl sites for hydroxylation is 1. The van der Waals surface area contributed by atoms with Gasteiger partial charge in [-0.1, -0.05) is 23.4 Å². The molecule has 0 saturated carbocycles. The number of hydrogen-bond acceptors (Lipinski definition) is 5. The molecule has 0 unspecified atom stereocenters. The van der Waals surface area contributed by atoms with Crippen LogP contribution in [0.15, 0.2) is 28.8 Å². The Morgan fingerprint density at radius 3 is 2.96 bits per heavy atom.